The van der Waals surface area contributed by atoms with E-state index < -0.39 is 6.09 Å². The smallest absolute Gasteiger partial charge is 0.411 e. The predicted molar refractivity (Wildman–Crippen MR) is 139 cm³/mol. The Bertz CT molecular complexity index is 1560. The van der Waals surface area contributed by atoms with Crippen molar-refractivity contribution in [2.45, 2.75) is 20.8 Å². The highest BCUT2D eigenvalue weighted by atomic mass is 19.1. The third-order valence-corrected chi connectivity index (χ3v) is 5.89. The fourth-order valence-electron chi connectivity index (χ4n) is 4.17. The number of carbonyl (C=O) groups excluding carboxylic acids is 2. The third-order valence-electron chi connectivity index (χ3n) is 5.89. The van der Waals surface area contributed by atoms with Crippen molar-refractivity contribution in [3.8, 4) is 22.6 Å². The summed E-state index contributed by atoms with van der Waals surface area (Å²) >= 11 is 0. The molecule has 10 heteroatoms. The number of carbonyl (C=O) groups is 2. The number of benzene rings is 2. The van der Waals surface area contributed by atoms with Gasteiger partial charge in [0.2, 0.25) is 0 Å². The first-order valence-corrected chi connectivity index (χ1v) is 11.6. The Morgan fingerprint density at radius 1 is 1.08 bits per heavy atom. The Hall–Kier alpha value is -4.60. The maximum atomic E-state index is 13.9. The lowest BCUT2D eigenvalue weighted by molar-refractivity contribution is 0.0951. The van der Waals surface area contributed by atoms with Gasteiger partial charge in [-0.3, -0.25) is 14.9 Å². The molecular formula is C27H27FN4O5. The van der Waals surface area contributed by atoms with E-state index in [9.17, 15) is 18.8 Å². The minimum absolute atomic E-state index is 0.234. The average Bonchev–Trinajstić information content (AvgIpc) is 3.30. The molecule has 2 heterocycles. The van der Waals surface area contributed by atoms with Crippen LogP contribution in [0.15, 0.2) is 47.4 Å². The number of halogens is 1. The fraction of sp³-hybridized carbons (Fsp3) is 0.222. The van der Waals surface area contributed by atoms with Gasteiger partial charge in [0, 0.05) is 42.0 Å². The standard InChI is InChI=1S/C27H27FN4O5/c1-6-29-25(33)21-12-19-20(13-32(4)26(34)23(19)31-21)18-11-17(30-27(35)36-5)7-8-22(18)37-24-14(2)9-16(28)10-15(24)3/h7-13,31H,6H2,1-5H3,(H,29,33)(H,30,35). The summed E-state index contributed by atoms with van der Waals surface area (Å²) in [6, 6.07) is 9.35. The van der Waals surface area contributed by atoms with Gasteiger partial charge in [-0.25, -0.2) is 9.18 Å². The molecule has 4 aromatic rings. The van der Waals surface area contributed by atoms with E-state index in [4.69, 9.17) is 9.47 Å². The minimum atomic E-state index is -0.657. The van der Waals surface area contributed by atoms with Crippen molar-refractivity contribution in [2.75, 3.05) is 19.0 Å². The van der Waals surface area contributed by atoms with E-state index in [1.807, 2.05) is 0 Å². The SMILES string of the molecule is CCNC(=O)c1cc2c(-c3cc(NC(=O)OC)ccc3Oc3c(C)cc(F)cc3C)cn(C)c(=O)c2[nH]1. The van der Waals surface area contributed by atoms with E-state index >= 15 is 0 Å². The molecule has 0 fully saturated rings. The van der Waals surface area contributed by atoms with Crippen LogP contribution in [0.5, 0.6) is 11.5 Å². The molecular weight excluding hydrogens is 479 g/mol. The normalized spacial score (nSPS) is 10.9. The van der Waals surface area contributed by atoms with E-state index in [1.54, 1.807) is 58.3 Å². The Morgan fingerprint density at radius 2 is 1.78 bits per heavy atom. The molecule has 192 valence electrons. The van der Waals surface area contributed by atoms with E-state index in [2.05, 4.69) is 15.6 Å². The summed E-state index contributed by atoms with van der Waals surface area (Å²) in [6.45, 7) is 5.71. The number of aromatic amines is 1. The van der Waals surface area contributed by atoms with Crippen molar-refractivity contribution in [1.82, 2.24) is 14.9 Å². The largest absolute Gasteiger partial charge is 0.456 e. The maximum absolute atomic E-state index is 13.9. The number of ether oxygens (including phenoxy) is 2. The van der Waals surface area contributed by atoms with Crippen molar-refractivity contribution < 1.29 is 23.5 Å². The molecule has 0 spiro atoms. The third kappa shape index (κ3) is 5.04. The van der Waals surface area contributed by atoms with Crippen LogP contribution in [0.3, 0.4) is 0 Å². The highest BCUT2D eigenvalue weighted by Crippen LogP contribution is 2.40. The van der Waals surface area contributed by atoms with Crippen molar-refractivity contribution >= 4 is 28.6 Å². The lowest BCUT2D eigenvalue weighted by atomic mass is 10.0. The summed E-state index contributed by atoms with van der Waals surface area (Å²) in [5, 5.41) is 5.85. The van der Waals surface area contributed by atoms with E-state index in [0.29, 0.717) is 51.4 Å². The lowest BCUT2D eigenvalue weighted by Crippen LogP contribution is -2.23. The van der Waals surface area contributed by atoms with Crippen LogP contribution >= 0.6 is 0 Å². The van der Waals surface area contributed by atoms with Gasteiger partial charge < -0.3 is 24.3 Å². The molecule has 4 rings (SSSR count). The first-order valence-electron chi connectivity index (χ1n) is 11.6. The molecule has 0 unspecified atom stereocenters. The monoisotopic (exact) mass is 506 g/mol. The van der Waals surface area contributed by atoms with Gasteiger partial charge in [-0.15, -0.1) is 0 Å². The summed E-state index contributed by atoms with van der Waals surface area (Å²) in [6.07, 6.45) is 0.977. The molecule has 2 amide bonds. The Kier molecular flexibility index (Phi) is 7.01. The molecule has 0 atom stereocenters. The lowest BCUT2D eigenvalue weighted by Gasteiger charge is -2.17. The number of nitrogens with one attached hydrogen (secondary N) is 3. The first-order chi connectivity index (χ1) is 17.6. The Morgan fingerprint density at radius 3 is 2.43 bits per heavy atom. The fourth-order valence-corrected chi connectivity index (χ4v) is 4.17. The number of pyridine rings is 1. The molecule has 37 heavy (non-hydrogen) atoms. The number of hydrogen-bond donors (Lipinski definition) is 3. The molecule has 0 aliphatic rings. The summed E-state index contributed by atoms with van der Waals surface area (Å²) in [7, 11) is 2.86. The molecule has 2 aromatic heterocycles. The zero-order valence-electron chi connectivity index (χ0n) is 21.1. The Balaban J connectivity index is 1.96. The molecule has 3 N–H and O–H groups in total. The summed E-state index contributed by atoms with van der Waals surface area (Å²) in [5.41, 5.74) is 2.89. The van der Waals surface area contributed by atoms with Gasteiger partial charge >= 0.3 is 6.09 Å². The van der Waals surface area contributed by atoms with Gasteiger partial charge in [0.05, 0.1) is 7.11 Å². The first kappa shape index (κ1) is 25.5. The second-order valence-corrected chi connectivity index (χ2v) is 8.59. The van der Waals surface area contributed by atoms with E-state index in [0.717, 1.165) is 0 Å². The van der Waals surface area contributed by atoms with Crippen LogP contribution in [0, 0.1) is 19.7 Å². The number of aryl methyl sites for hydroxylation is 3. The van der Waals surface area contributed by atoms with Crippen LogP contribution in [0.1, 0.15) is 28.5 Å². The van der Waals surface area contributed by atoms with Gasteiger partial charge in [0.15, 0.2) is 0 Å². The minimum Gasteiger partial charge on any atom is -0.456 e. The molecule has 9 nitrogen and oxygen atoms in total. The number of rotatable bonds is 6. The topological polar surface area (TPSA) is 114 Å². The van der Waals surface area contributed by atoms with Gasteiger partial charge in [0.1, 0.15) is 28.5 Å². The van der Waals surface area contributed by atoms with Gasteiger partial charge in [0.25, 0.3) is 11.5 Å². The maximum Gasteiger partial charge on any atom is 0.411 e. The highest BCUT2D eigenvalue weighted by molar-refractivity contribution is 6.03. The number of aromatic nitrogens is 2. The number of amides is 2. The second-order valence-electron chi connectivity index (χ2n) is 8.59. The summed E-state index contributed by atoms with van der Waals surface area (Å²) in [4.78, 5) is 40.2. The van der Waals surface area contributed by atoms with Crippen molar-refractivity contribution in [2.24, 2.45) is 7.05 Å². The zero-order valence-corrected chi connectivity index (χ0v) is 21.1. The number of hydrogen-bond acceptors (Lipinski definition) is 5. The van der Waals surface area contributed by atoms with E-state index in [-0.39, 0.29) is 28.5 Å². The van der Waals surface area contributed by atoms with Gasteiger partial charge in [-0.05, 0) is 68.3 Å². The van der Waals surface area contributed by atoms with Crippen LogP contribution < -0.4 is 20.9 Å². The van der Waals surface area contributed by atoms with Gasteiger partial charge in [-0.2, -0.15) is 0 Å². The summed E-state index contributed by atoms with van der Waals surface area (Å²) < 4.78 is 26.3. The molecule has 0 saturated carbocycles. The Labute approximate surface area is 212 Å². The number of methoxy groups -OCH3 is 1. The van der Waals surface area contributed by atoms with Crippen LogP contribution in [0.4, 0.5) is 14.9 Å². The van der Waals surface area contributed by atoms with Crippen LogP contribution in [0.2, 0.25) is 0 Å². The zero-order chi connectivity index (χ0) is 26.9. The number of fused-ring (bicyclic) bond motifs is 1. The predicted octanol–water partition coefficient (Wildman–Crippen LogP) is 5.01. The number of nitrogens with zero attached hydrogens (tertiary/aromatic N) is 1. The van der Waals surface area contributed by atoms with Crippen molar-refractivity contribution in [3.05, 3.63) is 75.6 Å². The van der Waals surface area contributed by atoms with Crippen molar-refractivity contribution in [3.63, 3.8) is 0 Å². The molecule has 0 saturated heterocycles. The molecule has 0 aliphatic carbocycles. The molecule has 0 aliphatic heterocycles. The molecule has 0 bridgehead atoms. The number of anilines is 1. The molecule has 0 radical (unpaired) electrons. The van der Waals surface area contributed by atoms with Crippen LogP contribution in [-0.4, -0.2) is 35.2 Å². The van der Waals surface area contributed by atoms with Gasteiger partial charge in [-0.1, -0.05) is 0 Å². The quantitative estimate of drug-likeness (QED) is 0.340. The van der Waals surface area contributed by atoms with Crippen molar-refractivity contribution in [1.29, 1.82) is 0 Å². The van der Waals surface area contributed by atoms with E-state index in [1.165, 1.54) is 23.8 Å². The van der Waals surface area contributed by atoms with Crippen LogP contribution in [-0.2, 0) is 11.8 Å². The van der Waals surface area contributed by atoms with Crippen LogP contribution in [0.25, 0.3) is 22.0 Å². The number of H-pyrrole nitrogens is 1. The highest BCUT2D eigenvalue weighted by Gasteiger charge is 2.20. The molecule has 2 aromatic carbocycles. The summed E-state index contributed by atoms with van der Waals surface area (Å²) in [5.74, 6) is 0.162. The average molecular weight is 507 g/mol. The second kappa shape index (κ2) is 10.2.